The van der Waals surface area contributed by atoms with E-state index in [2.05, 4.69) is 15.5 Å². The van der Waals surface area contributed by atoms with Gasteiger partial charge in [0.25, 0.3) is 0 Å². The Bertz CT molecular complexity index is 1070. The van der Waals surface area contributed by atoms with E-state index in [0.717, 1.165) is 40.6 Å². The lowest BCUT2D eigenvalue weighted by molar-refractivity contribution is -0.118. The molecule has 2 heterocycles. The van der Waals surface area contributed by atoms with Gasteiger partial charge in [-0.3, -0.25) is 4.79 Å². The van der Waals surface area contributed by atoms with Crippen LogP contribution < -0.4 is 19.5 Å². The second kappa shape index (κ2) is 9.74. The first-order valence-corrected chi connectivity index (χ1v) is 10.9. The highest BCUT2D eigenvalue weighted by Gasteiger charge is 2.14. The highest BCUT2D eigenvalue weighted by atomic mass is 32.2. The fourth-order valence-corrected chi connectivity index (χ4v) is 3.97. The molecule has 0 aliphatic carbocycles. The minimum atomic E-state index is -0.0477. The molecule has 0 unspecified atom stereocenters. The summed E-state index contributed by atoms with van der Waals surface area (Å²) >= 11 is 1.35. The number of thioether (sulfide) groups is 1. The van der Waals surface area contributed by atoms with Crippen LogP contribution in [0.2, 0.25) is 0 Å². The van der Waals surface area contributed by atoms with E-state index in [0.29, 0.717) is 24.9 Å². The normalized spacial score (nSPS) is 12.5. The number of hydrogen-bond donors (Lipinski definition) is 1. The third-order valence-corrected chi connectivity index (χ3v) is 5.86. The molecule has 31 heavy (non-hydrogen) atoms. The Balaban J connectivity index is 1.27. The number of amides is 1. The quantitative estimate of drug-likeness (QED) is 0.539. The number of methoxy groups -OCH3 is 1. The van der Waals surface area contributed by atoms with E-state index in [1.165, 1.54) is 11.8 Å². The van der Waals surface area contributed by atoms with Crippen molar-refractivity contribution in [2.75, 3.05) is 32.6 Å². The zero-order valence-electron chi connectivity index (χ0n) is 17.5. The molecule has 2 aromatic carbocycles. The summed E-state index contributed by atoms with van der Waals surface area (Å²) in [6.07, 6.45) is 0.719. The van der Waals surface area contributed by atoms with Crippen LogP contribution in [0, 0.1) is 0 Å². The van der Waals surface area contributed by atoms with Gasteiger partial charge >= 0.3 is 0 Å². The number of carbonyl (C=O) groups is 1. The third-order valence-electron chi connectivity index (χ3n) is 4.84. The smallest absolute Gasteiger partial charge is 0.230 e. The van der Waals surface area contributed by atoms with E-state index in [-0.39, 0.29) is 11.7 Å². The molecule has 0 saturated carbocycles. The number of carbonyl (C=O) groups excluding carboxylic acids is 1. The van der Waals surface area contributed by atoms with Crippen molar-refractivity contribution in [3.63, 3.8) is 0 Å². The highest BCUT2D eigenvalue weighted by Crippen LogP contribution is 2.30. The molecule has 9 heteroatoms. The molecule has 0 bridgehead atoms. The third kappa shape index (κ3) is 5.11. The summed E-state index contributed by atoms with van der Waals surface area (Å²) in [5.74, 6) is 3.23. The van der Waals surface area contributed by atoms with Crippen LogP contribution in [0.15, 0.2) is 47.6 Å². The van der Waals surface area contributed by atoms with Gasteiger partial charge in [-0.1, -0.05) is 30.0 Å². The second-order valence-electron chi connectivity index (χ2n) is 6.96. The summed E-state index contributed by atoms with van der Waals surface area (Å²) in [5, 5.41) is 12.1. The molecular weight excluding hydrogens is 416 g/mol. The molecule has 1 aliphatic rings. The van der Waals surface area contributed by atoms with Gasteiger partial charge in [-0.15, -0.1) is 10.2 Å². The van der Waals surface area contributed by atoms with Crippen LogP contribution in [0.5, 0.6) is 17.2 Å². The Hall–Kier alpha value is -3.20. The number of rotatable bonds is 8. The van der Waals surface area contributed by atoms with Crippen molar-refractivity contribution in [1.29, 1.82) is 0 Å². The van der Waals surface area contributed by atoms with Gasteiger partial charge in [0.1, 0.15) is 19.0 Å². The van der Waals surface area contributed by atoms with Crippen molar-refractivity contribution in [2.45, 2.75) is 11.6 Å². The lowest BCUT2D eigenvalue weighted by Crippen LogP contribution is -2.27. The van der Waals surface area contributed by atoms with Gasteiger partial charge in [0.2, 0.25) is 5.91 Å². The summed E-state index contributed by atoms with van der Waals surface area (Å²) in [6.45, 7) is 1.69. The predicted octanol–water partition coefficient (Wildman–Crippen LogP) is 2.71. The molecule has 1 aromatic heterocycles. The minimum absolute atomic E-state index is 0.0477. The van der Waals surface area contributed by atoms with Crippen molar-refractivity contribution in [3.8, 4) is 28.6 Å². The Labute approximate surface area is 184 Å². The number of nitrogens with zero attached hydrogens (tertiary/aromatic N) is 3. The number of ether oxygens (including phenoxy) is 3. The van der Waals surface area contributed by atoms with Crippen molar-refractivity contribution in [2.24, 2.45) is 7.05 Å². The van der Waals surface area contributed by atoms with Crippen molar-refractivity contribution < 1.29 is 19.0 Å². The van der Waals surface area contributed by atoms with Gasteiger partial charge in [0.15, 0.2) is 22.5 Å². The van der Waals surface area contributed by atoms with Crippen molar-refractivity contribution in [3.05, 3.63) is 48.0 Å². The van der Waals surface area contributed by atoms with Gasteiger partial charge in [0, 0.05) is 19.2 Å². The second-order valence-corrected chi connectivity index (χ2v) is 7.91. The first-order valence-electron chi connectivity index (χ1n) is 9.96. The minimum Gasteiger partial charge on any atom is -0.497 e. The molecule has 4 rings (SSSR count). The SMILES string of the molecule is COc1cccc(-c2nnc(SCC(=O)NCCc3ccc4c(c3)OCCO4)n2C)c1. The van der Waals surface area contributed by atoms with Crippen LogP contribution in [0.1, 0.15) is 5.56 Å². The Morgan fingerprint density at radius 2 is 2.00 bits per heavy atom. The molecule has 162 valence electrons. The largest absolute Gasteiger partial charge is 0.497 e. The molecule has 0 radical (unpaired) electrons. The van der Waals surface area contributed by atoms with E-state index in [4.69, 9.17) is 14.2 Å². The molecule has 0 spiro atoms. The summed E-state index contributed by atoms with van der Waals surface area (Å²) in [6, 6.07) is 13.5. The monoisotopic (exact) mass is 440 g/mol. The van der Waals surface area contributed by atoms with Gasteiger partial charge in [-0.05, 0) is 36.2 Å². The van der Waals surface area contributed by atoms with E-state index in [1.807, 2.05) is 54.1 Å². The predicted molar refractivity (Wildman–Crippen MR) is 118 cm³/mol. The Kier molecular flexibility index (Phi) is 6.61. The lowest BCUT2D eigenvalue weighted by atomic mass is 10.1. The maximum atomic E-state index is 12.3. The first kappa shape index (κ1) is 21.0. The van der Waals surface area contributed by atoms with Gasteiger partial charge in [-0.25, -0.2) is 0 Å². The summed E-state index contributed by atoms with van der Waals surface area (Å²) in [5.41, 5.74) is 2.00. The van der Waals surface area contributed by atoms with Crippen LogP contribution in [-0.4, -0.2) is 53.3 Å². The van der Waals surface area contributed by atoms with Crippen LogP contribution in [0.3, 0.4) is 0 Å². The van der Waals surface area contributed by atoms with Gasteiger partial charge < -0.3 is 24.1 Å². The van der Waals surface area contributed by atoms with E-state index in [9.17, 15) is 4.79 Å². The topological polar surface area (TPSA) is 87.5 Å². The van der Waals surface area contributed by atoms with Crippen LogP contribution >= 0.6 is 11.8 Å². The maximum Gasteiger partial charge on any atom is 0.230 e. The van der Waals surface area contributed by atoms with Crippen LogP contribution in [0.4, 0.5) is 0 Å². The molecular formula is C22H24N4O4S. The summed E-state index contributed by atoms with van der Waals surface area (Å²) < 4.78 is 18.3. The number of fused-ring (bicyclic) bond motifs is 1. The molecule has 1 N–H and O–H groups in total. The number of aromatic nitrogens is 3. The van der Waals surface area contributed by atoms with Crippen molar-refractivity contribution in [1.82, 2.24) is 20.1 Å². The first-order chi connectivity index (χ1) is 15.1. The van der Waals surface area contributed by atoms with Gasteiger partial charge in [0.05, 0.1) is 12.9 Å². The maximum absolute atomic E-state index is 12.3. The number of benzene rings is 2. The summed E-state index contributed by atoms with van der Waals surface area (Å²) in [7, 11) is 3.51. The van der Waals surface area contributed by atoms with Crippen molar-refractivity contribution >= 4 is 17.7 Å². The molecule has 0 saturated heterocycles. The van der Waals surface area contributed by atoms with Crippen LogP contribution in [-0.2, 0) is 18.3 Å². The Morgan fingerprint density at radius 3 is 2.84 bits per heavy atom. The van der Waals surface area contributed by atoms with E-state index >= 15 is 0 Å². The molecule has 8 nitrogen and oxygen atoms in total. The average Bonchev–Trinajstić information content (AvgIpc) is 3.18. The lowest BCUT2D eigenvalue weighted by Gasteiger charge is -2.18. The highest BCUT2D eigenvalue weighted by molar-refractivity contribution is 7.99. The zero-order valence-corrected chi connectivity index (χ0v) is 18.3. The number of hydrogen-bond acceptors (Lipinski definition) is 7. The standard InChI is InChI=1S/C22H24N4O4S/c1-26-21(16-4-3-5-17(13-16)28-2)24-25-22(26)31-14-20(27)23-9-8-15-6-7-18-19(12-15)30-11-10-29-18/h3-7,12-13H,8-11,14H2,1-2H3,(H,23,27). The number of nitrogens with one attached hydrogen (secondary N) is 1. The molecule has 0 fully saturated rings. The fourth-order valence-electron chi connectivity index (χ4n) is 3.22. The molecule has 3 aromatic rings. The average molecular weight is 441 g/mol. The fraction of sp³-hybridized carbons (Fsp3) is 0.318. The molecule has 1 aliphatic heterocycles. The Morgan fingerprint density at radius 1 is 1.16 bits per heavy atom. The van der Waals surface area contributed by atoms with E-state index in [1.54, 1.807) is 7.11 Å². The zero-order chi connectivity index (χ0) is 21.6. The molecule has 1 amide bonds. The molecule has 0 atom stereocenters. The van der Waals surface area contributed by atoms with Crippen LogP contribution in [0.25, 0.3) is 11.4 Å². The van der Waals surface area contributed by atoms with Gasteiger partial charge in [-0.2, -0.15) is 0 Å². The van der Waals surface area contributed by atoms with E-state index < -0.39 is 0 Å². The summed E-state index contributed by atoms with van der Waals surface area (Å²) in [4.78, 5) is 12.3.